The molecule has 2 heterocycles. The number of H-pyrrole nitrogens is 1. The Morgan fingerprint density at radius 3 is 2.67 bits per heavy atom. The lowest BCUT2D eigenvalue weighted by Gasteiger charge is -2.16. The summed E-state index contributed by atoms with van der Waals surface area (Å²) >= 11 is 0. The number of hydrogen-bond donors (Lipinski definition) is 2. The lowest BCUT2D eigenvalue weighted by atomic mass is 10.1. The maximum atomic E-state index is 12.5. The Balaban J connectivity index is 1.77. The summed E-state index contributed by atoms with van der Waals surface area (Å²) in [5.74, 6) is -0.711. The lowest BCUT2D eigenvalue weighted by molar-refractivity contribution is -0.123. The summed E-state index contributed by atoms with van der Waals surface area (Å²) in [6, 6.07) is 9.79. The summed E-state index contributed by atoms with van der Waals surface area (Å²) < 4.78 is 6.93. The number of ether oxygens (including phenoxy) is 1. The molecule has 1 amide bonds. The maximum Gasteiger partial charge on any atom is 0.339 e. The highest BCUT2D eigenvalue weighted by atomic mass is 16.5. The Morgan fingerprint density at radius 2 is 1.93 bits per heavy atom. The SMILES string of the molecule is CC(C)n1nccc1NC(=O)[C@@H](C)OC(=O)c1cc(=O)[nH]c2ccccc12. The van der Waals surface area contributed by atoms with Crippen molar-refractivity contribution in [3.8, 4) is 0 Å². The lowest BCUT2D eigenvalue weighted by Crippen LogP contribution is -2.31. The minimum atomic E-state index is -1.05. The van der Waals surface area contributed by atoms with Crippen LogP contribution in [-0.2, 0) is 9.53 Å². The molecule has 2 aromatic heterocycles. The summed E-state index contributed by atoms with van der Waals surface area (Å²) in [5.41, 5.74) is 0.217. The predicted octanol–water partition coefficient (Wildman–Crippen LogP) is 2.49. The van der Waals surface area contributed by atoms with E-state index in [2.05, 4.69) is 15.4 Å². The average Bonchev–Trinajstić information content (AvgIpc) is 3.09. The van der Waals surface area contributed by atoms with Crippen LogP contribution in [0.25, 0.3) is 10.9 Å². The molecule has 0 aliphatic heterocycles. The van der Waals surface area contributed by atoms with Gasteiger partial charge < -0.3 is 15.0 Å². The molecular weight excluding hydrogens is 348 g/mol. The van der Waals surface area contributed by atoms with E-state index in [9.17, 15) is 14.4 Å². The molecular formula is C19H20N4O4. The highest BCUT2D eigenvalue weighted by Crippen LogP contribution is 2.17. The minimum Gasteiger partial charge on any atom is -0.449 e. The number of nitrogens with one attached hydrogen (secondary N) is 2. The smallest absolute Gasteiger partial charge is 0.339 e. The molecule has 140 valence electrons. The van der Waals surface area contributed by atoms with Crippen molar-refractivity contribution in [2.45, 2.75) is 32.9 Å². The molecule has 3 rings (SSSR count). The number of hydrogen-bond acceptors (Lipinski definition) is 5. The van der Waals surface area contributed by atoms with Gasteiger partial charge in [0.05, 0.1) is 11.8 Å². The number of anilines is 1. The fourth-order valence-electron chi connectivity index (χ4n) is 2.70. The Labute approximate surface area is 155 Å². The van der Waals surface area contributed by atoms with Gasteiger partial charge in [0.15, 0.2) is 6.10 Å². The van der Waals surface area contributed by atoms with Crippen molar-refractivity contribution in [1.29, 1.82) is 0 Å². The van der Waals surface area contributed by atoms with Gasteiger partial charge in [0.25, 0.3) is 5.91 Å². The van der Waals surface area contributed by atoms with Crippen LogP contribution in [0, 0.1) is 0 Å². The molecule has 1 aromatic carbocycles. The van der Waals surface area contributed by atoms with Gasteiger partial charge in [-0.25, -0.2) is 9.48 Å². The number of nitrogens with zero attached hydrogens (tertiary/aromatic N) is 2. The number of carbonyl (C=O) groups is 2. The number of amides is 1. The largest absolute Gasteiger partial charge is 0.449 e. The van der Waals surface area contributed by atoms with E-state index >= 15 is 0 Å². The average molecular weight is 368 g/mol. The number of aromatic nitrogens is 3. The van der Waals surface area contributed by atoms with E-state index in [1.807, 2.05) is 13.8 Å². The highest BCUT2D eigenvalue weighted by molar-refractivity contribution is 6.04. The first-order valence-electron chi connectivity index (χ1n) is 8.54. The van der Waals surface area contributed by atoms with Crippen molar-refractivity contribution >= 4 is 28.6 Å². The molecule has 0 aliphatic carbocycles. The van der Waals surface area contributed by atoms with Gasteiger partial charge in [-0.2, -0.15) is 5.10 Å². The second-order valence-corrected chi connectivity index (χ2v) is 6.38. The number of fused-ring (bicyclic) bond motifs is 1. The number of carbonyl (C=O) groups excluding carboxylic acids is 2. The molecule has 2 N–H and O–H groups in total. The summed E-state index contributed by atoms with van der Waals surface area (Å²) in [5, 5.41) is 7.38. The van der Waals surface area contributed by atoms with E-state index in [4.69, 9.17) is 4.74 Å². The molecule has 3 aromatic rings. The number of esters is 1. The van der Waals surface area contributed by atoms with Crippen LogP contribution in [0.2, 0.25) is 0 Å². The molecule has 8 heteroatoms. The summed E-state index contributed by atoms with van der Waals surface area (Å²) in [4.78, 5) is 39.4. The number of pyridine rings is 1. The van der Waals surface area contributed by atoms with Crippen LogP contribution in [0.1, 0.15) is 37.2 Å². The zero-order valence-electron chi connectivity index (χ0n) is 15.2. The van der Waals surface area contributed by atoms with E-state index in [0.29, 0.717) is 16.7 Å². The van der Waals surface area contributed by atoms with Crippen LogP contribution in [-0.4, -0.2) is 32.7 Å². The second kappa shape index (κ2) is 7.45. The number of rotatable bonds is 5. The zero-order chi connectivity index (χ0) is 19.6. The topological polar surface area (TPSA) is 106 Å². The van der Waals surface area contributed by atoms with Gasteiger partial charge in [-0.1, -0.05) is 18.2 Å². The number of para-hydroxylation sites is 1. The molecule has 0 aliphatic rings. The maximum absolute atomic E-state index is 12.5. The Bertz CT molecular complexity index is 1050. The molecule has 8 nitrogen and oxygen atoms in total. The zero-order valence-corrected chi connectivity index (χ0v) is 15.2. The first kappa shape index (κ1) is 18.4. The van der Waals surface area contributed by atoms with Crippen molar-refractivity contribution in [2.75, 3.05) is 5.32 Å². The third-order valence-corrected chi connectivity index (χ3v) is 4.03. The predicted molar refractivity (Wildman–Crippen MR) is 101 cm³/mol. The monoisotopic (exact) mass is 368 g/mol. The molecule has 0 radical (unpaired) electrons. The van der Waals surface area contributed by atoms with Crippen molar-refractivity contribution in [2.24, 2.45) is 0 Å². The number of benzene rings is 1. The first-order valence-corrected chi connectivity index (χ1v) is 8.54. The summed E-state index contributed by atoms with van der Waals surface area (Å²) in [6.45, 7) is 5.34. The fraction of sp³-hybridized carbons (Fsp3) is 0.263. The van der Waals surface area contributed by atoms with Crippen molar-refractivity contribution < 1.29 is 14.3 Å². The molecule has 0 saturated carbocycles. The molecule has 0 unspecified atom stereocenters. The third kappa shape index (κ3) is 3.89. The Hall–Kier alpha value is -3.42. The Kier molecular flexibility index (Phi) is 5.07. The van der Waals surface area contributed by atoms with Gasteiger partial charge in [-0.15, -0.1) is 0 Å². The third-order valence-electron chi connectivity index (χ3n) is 4.03. The van der Waals surface area contributed by atoms with Gasteiger partial charge in [0.1, 0.15) is 5.82 Å². The van der Waals surface area contributed by atoms with E-state index < -0.39 is 23.5 Å². The van der Waals surface area contributed by atoms with Gasteiger partial charge in [0, 0.05) is 29.1 Å². The Morgan fingerprint density at radius 1 is 1.19 bits per heavy atom. The van der Waals surface area contributed by atoms with E-state index in [0.717, 1.165) is 0 Å². The van der Waals surface area contributed by atoms with Crippen LogP contribution in [0.5, 0.6) is 0 Å². The highest BCUT2D eigenvalue weighted by Gasteiger charge is 2.22. The van der Waals surface area contributed by atoms with Crippen LogP contribution in [0.3, 0.4) is 0 Å². The van der Waals surface area contributed by atoms with E-state index in [1.165, 1.54) is 13.0 Å². The van der Waals surface area contributed by atoms with Crippen molar-refractivity contribution in [3.05, 3.63) is 58.5 Å². The van der Waals surface area contributed by atoms with E-state index in [-0.39, 0.29) is 11.6 Å². The van der Waals surface area contributed by atoms with Crippen LogP contribution in [0.4, 0.5) is 5.82 Å². The van der Waals surface area contributed by atoms with Gasteiger partial charge >= 0.3 is 5.97 Å². The summed E-state index contributed by atoms with van der Waals surface area (Å²) in [6.07, 6.45) is 0.528. The summed E-state index contributed by atoms with van der Waals surface area (Å²) in [7, 11) is 0. The van der Waals surface area contributed by atoms with Gasteiger partial charge in [-0.3, -0.25) is 9.59 Å². The minimum absolute atomic E-state index is 0.0653. The van der Waals surface area contributed by atoms with Crippen LogP contribution >= 0.6 is 0 Å². The van der Waals surface area contributed by atoms with Crippen molar-refractivity contribution in [3.63, 3.8) is 0 Å². The van der Waals surface area contributed by atoms with Crippen molar-refractivity contribution in [1.82, 2.24) is 14.8 Å². The number of aromatic amines is 1. The quantitative estimate of drug-likeness (QED) is 0.673. The molecule has 0 spiro atoms. The van der Waals surface area contributed by atoms with Gasteiger partial charge in [-0.05, 0) is 26.8 Å². The van der Waals surface area contributed by atoms with E-state index in [1.54, 1.807) is 41.2 Å². The first-order chi connectivity index (χ1) is 12.9. The molecule has 1 atom stereocenters. The standard InChI is InChI=1S/C19H20N4O4/c1-11(2)23-16(8-9-20-23)22-18(25)12(3)27-19(26)14-10-17(24)21-15-7-5-4-6-13(14)15/h4-12H,1-3H3,(H,21,24)(H,22,25)/t12-/m1/s1. The molecule has 27 heavy (non-hydrogen) atoms. The van der Waals surface area contributed by atoms with Gasteiger partial charge in [0.2, 0.25) is 5.56 Å². The normalized spacial score (nSPS) is 12.1. The molecule has 0 saturated heterocycles. The molecule has 0 bridgehead atoms. The van der Waals surface area contributed by atoms with Crippen LogP contribution in [0.15, 0.2) is 47.4 Å². The second-order valence-electron chi connectivity index (χ2n) is 6.38. The fourth-order valence-corrected chi connectivity index (χ4v) is 2.70. The van der Waals surface area contributed by atoms with Crippen LogP contribution < -0.4 is 10.9 Å². The molecule has 0 fully saturated rings.